The molecule has 0 radical (unpaired) electrons. The van der Waals surface area contributed by atoms with Crippen LogP contribution in [0.25, 0.3) is 0 Å². The Hall–Kier alpha value is -1.37. The molecule has 0 amide bonds. The zero-order chi connectivity index (χ0) is 22.0. The highest BCUT2D eigenvalue weighted by Gasteiger charge is 2.34. The molecule has 2 aromatic carbocycles. The summed E-state index contributed by atoms with van der Waals surface area (Å²) < 4.78 is 0. The van der Waals surface area contributed by atoms with Crippen LogP contribution in [0.4, 0.5) is 0 Å². The van der Waals surface area contributed by atoms with Crippen LogP contribution in [-0.2, 0) is 17.1 Å². The molecule has 0 aliphatic heterocycles. The number of hydrogen-bond acceptors (Lipinski definition) is 2. The first kappa shape index (κ1) is 23.9. The van der Waals surface area contributed by atoms with Gasteiger partial charge >= 0.3 is 0 Å². The fraction of sp³-hybridized carbons (Fsp3) is 0.538. The molecule has 0 heterocycles. The van der Waals surface area contributed by atoms with Crippen LogP contribution in [0.1, 0.15) is 75.3 Å². The number of aromatic hydroxyl groups is 1. The number of phenolic OH excluding ortho intramolecular Hbond substituents is 1. The minimum Gasteiger partial charge on any atom is -0.507 e. The third kappa shape index (κ3) is 5.41. The summed E-state index contributed by atoms with van der Waals surface area (Å²) in [5.41, 5.74) is 6.05. The molecule has 1 atom stereocenters. The first-order valence-electron chi connectivity index (χ1n) is 10.8. The standard InChI is InChI=1S/C26H40NOP/c1-10-26(11-2,22-16-19(4)15-21(24(22)28)25(5,6)7)29-23-13-12-18(3)14-20(23)17-27(8)9/h12-16,28-29H,10-11,17H2,1-9H3. The normalized spacial score (nSPS) is 13.0. The second-order valence-corrected chi connectivity index (χ2v) is 11.5. The van der Waals surface area contributed by atoms with E-state index >= 15 is 0 Å². The quantitative estimate of drug-likeness (QED) is 0.532. The largest absolute Gasteiger partial charge is 0.507 e. The van der Waals surface area contributed by atoms with Crippen molar-refractivity contribution >= 4 is 13.9 Å². The van der Waals surface area contributed by atoms with Crippen LogP contribution < -0.4 is 5.30 Å². The van der Waals surface area contributed by atoms with Crippen LogP contribution in [0, 0.1) is 13.8 Å². The summed E-state index contributed by atoms with van der Waals surface area (Å²) in [6, 6.07) is 11.2. The number of hydrogen-bond donors (Lipinski definition) is 1. The smallest absolute Gasteiger partial charge is 0.123 e. The predicted octanol–water partition coefficient (Wildman–Crippen LogP) is 6.39. The van der Waals surface area contributed by atoms with Gasteiger partial charge < -0.3 is 10.0 Å². The number of benzene rings is 2. The molecule has 2 rings (SSSR count). The first-order chi connectivity index (χ1) is 13.4. The molecule has 2 aromatic rings. The summed E-state index contributed by atoms with van der Waals surface area (Å²) in [4.78, 5) is 2.24. The molecule has 0 spiro atoms. The fourth-order valence-electron chi connectivity index (χ4n) is 4.16. The Morgan fingerprint density at radius 2 is 1.48 bits per heavy atom. The van der Waals surface area contributed by atoms with Gasteiger partial charge in [0.1, 0.15) is 5.75 Å². The maximum atomic E-state index is 11.4. The molecular formula is C26H40NOP. The van der Waals surface area contributed by atoms with Crippen LogP contribution in [0.2, 0.25) is 0 Å². The van der Waals surface area contributed by atoms with Crippen molar-refractivity contribution in [1.82, 2.24) is 4.90 Å². The molecule has 2 nitrogen and oxygen atoms in total. The number of rotatable bonds is 7. The molecule has 0 aromatic heterocycles. The van der Waals surface area contributed by atoms with E-state index in [0.717, 1.165) is 30.5 Å². The van der Waals surface area contributed by atoms with Gasteiger partial charge in [0.05, 0.1) is 0 Å². The van der Waals surface area contributed by atoms with Crippen molar-refractivity contribution in [3.05, 3.63) is 58.1 Å². The van der Waals surface area contributed by atoms with Crippen molar-refractivity contribution in [3.8, 4) is 5.75 Å². The van der Waals surface area contributed by atoms with Gasteiger partial charge in [0.15, 0.2) is 0 Å². The van der Waals surface area contributed by atoms with E-state index in [1.807, 2.05) is 0 Å². The van der Waals surface area contributed by atoms with Crippen LogP contribution >= 0.6 is 8.58 Å². The summed E-state index contributed by atoms with van der Waals surface area (Å²) in [5.74, 6) is 0.501. The highest BCUT2D eigenvalue weighted by molar-refractivity contribution is 7.48. The van der Waals surface area contributed by atoms with E-state index in [9.17, 15) is 5.11 Å². The lowest BCUT2D eigenvalue weighted by Crippen LogP contribution is -2.26. The summed E-state index contributed by atoms with van der Waals surface area (Å²) in [7, 11) is 4.88. The van der Waals surface area contributed by atoms with Crippen LogP contribution in [0.15, 0.2) is 30.3 Å². The zero-order valence-corrected chi connectivity index (χ0v) is 20.9. The van der Waals surface area contributed by atoms with Crippen molar-refractivity contribution < 1.29 is 5.11 Å². The van der Waals surface area contributed by atoms with E-state index in [-0.39, 0.29) is 10.6 Å². The van der Waals surface area contributed by atoms with E-state index in [0.29, 0.717) is 14.3 Å². The Bertz CT molecular complexity index is 845. The van der Waals surface area contributed by atoms with E-state index in [1.165, 1.54) is 22.0 Å². The Kier molecular flexibility index (Phi) is 7.57. The summed E-state index contributed by atoms with van der Waals surface area (Å²) >= 11 is 0. The Balaban J connectivity index is 2.64. The maximum Gasteiger partial charge on any atom is 0.123 e. The third-order valence-electron chi connectivity index (χ3n) is 5.91. The highest BCUT2D eigenvalue weighted by Crippen LogP contribution is 2.52. The first-order valence-corrected chi connectivity index (χ1v) is 11.8. The highest BCUT2D eigenvalue weighted by atomic mass is 31.1. The van der Waals surface area contributed by atoms with E-state index in [2.05, 4.69) is 97.8 Å². The van der Waals surface area contributed by atoms with Gasteiger partial charge in [-0.15, -0.1) is 0 Å². The molecule has 0 aliphatic carbocycles. The van der Waals surface area contributed by atoms with Crippen molar-refractivity contribution in [2.45, 2.75) is 78.4 Å². The molecule has 1 N–H and O–H groups in total. The third-order valence-corrected chi connectivity index (χ3v) is 8.12. The van der Waals surface area contributed by atoms with E-state index in [1.54, 1.807) is 0 Å². The van der Waals surface area contributed by atoms with Gasteiger partial charge in [-0.2, -0.15) is 0 Å². The van der Waals surface area contributed by atoms with Crippen molar-refractivity contribution in [2.75, 3.05) is 14.1 Å². The molecule has 29 heavy (non-hydrogen) atoms. The number of phenols is 1. The van der Waals surface area contributed by atoms with Gasteiger partial charge in [0.25, 0.3) is 0 Å². The minimum atomic E-state index is -0.0822. The predicted molar refractivity (Wildman–Crippen MR) is 130 cm³/mol. The average molecular weight is 414 g/mol. The van der Waals surface area contributed by atoms with Crippen LogP contribution in [0.5, 0.6) is 5.75 Å². The molecule has 0 fully saturated rings. The van der Waals surface area contributed by atoms with Crippen LogP contribution in [-0.4, -0.2) is 24.1 Å². The summed E-state index contributed by atoms with van der Waals surface area (Å²) in [6.07, 6.45) is 2.02. The summed E-state index contributed by atoms with van der Waals surface area (Å²) in [6.45, 7) is 16.4. The molecule has 0 bridgehead atoms. The lowest BCUT2D eigenvalue weighted by atomic mass is 9.81. The van der Waals surface area contributed by atoms with E-state index < -0.39 is 0 Å². The molecule has 3 heteroatoms. The van der Waals surface area contributed by atoms with Gasteiger partial charge in [-0.05, 0) is 62.6 Å². The van der Waals surface area contributed by atoms with E-state index in [4.69, 9.17) is 0 Å². The van der Waals surface area contributed by atoms with Gasteiger partial charge in [-0.3, -0.25) is 0 Å². The molecule has 0 saturated carbocycles. The van der Waals surface area contributed by atoms with Gasteiger partial charge in [0, 0.05) is 17.3 Å². The molecule has 0 aliphatic rings. The Morgan fingerprint density at radius 1 is 0.897 bits per heavy atom. The lowest BCUT2D eigenvalue weighted by molar-refractivity contribution is 0.403. The lowest BCUT2D eigenvalue weighted by Gasteiger charge is -2.36. The molecule has 1 unspecified atom stereocenters. The van der Waals surface area contributed by atoms with Gasteiger partial charge in [-0.1, -0.05) is 84.7 Å². The second kappa shape index (κ2) is 9.19. The second-order valence-electron chi connectivity index (χ2n) is 9.77. The minimum absolute atomic E-state index is 0.0492. The SMILES string of the molecule is CCC(CC)(Pc1ccc(C)cc1CN(C)C)c1cc(C)cc(C(C)(C)C)c1O. The number of nitrogens with zero attached hydrogens (tertiary/aromatic N) is 1. The topological polar surface area (TPSA) is 23.5 Å². The zero-order valence-electron chi connectivity index (χ0n) is 19.9. The molecular weight excluding hydrogens is 373 g/mol. The fourth-order valence-corrected chi connectivity index (χ4v) is 5.84. The van der Waals surface area contributed by atoms with Crippen molar-refractivity contribution in [1.29, 1.82) is 0 Å². The molecule has 0 saturated heterocycles. The van der Waals surface area contributed by atoms with Crippen molar-refractivity contribution in [3.63, 3.8) is 0 Å². The monoisotopic (exact) mass is 413 g/mol. The summed E-state index contributed by atoms with van der Waals surface area (Å²) in [5, 5.41) is 12.8. The van der Waals surface area contributed by atoms with Crippen molar-refractivity contribution in [2.24, 2.45) is 0 Å². The molecule has 160 valence electrons. The van der Waals surface area contributed by atoms with Gasteiger partial charge in [-0.25, -0.2) is 0 Å². The number of aryl methyl sites for hydroxylation is 2. The van der Waals surface area contributed by atoms with Gasteiger partial charge in [0.2, 0.25) is 0 Å². The maximum absolute atomic E-state index is 11.4. The average Bonchev–Trinajstić information content (AvgIpc) is 2.62. The Morgan fingerprint density at radius 3 is 2.00 bits per heavy atom. The Labute approximate surface area is 180 Å². The van der Waals surface area contributed by atoms with Crippen LogP contribution in [0.3, 0.4) is 0 Å².